The quantitative estimate of drug-likeness (QED) is 0.805. The van der Waals surface area contributed by atoms with Crippen LogP contribution in [0.25, 0.3) is 0 Å². The van der Waals surface area contributed by atoms with Crippen LogP contribution in [0.2, 0.25) is 0 Å². The molecular formula is C12H16N2O2S. The second kappa shape index (κ2) is 4.07. The van der Waals surface area contributed by atoms with Crippen molar-refractivity contribution in [2.24, 2.45) is 0 Å². The molecule has 0 fully saturated rings. The molecule has 0 spiro atoms. The van der Waals surface area contributed by atoms with Crippen molar-refractivity contribution in [3.63, 3.8) is 0 Å². The Bertz CT molecular complexity index is 534. The Morgan fingerprint density at radius 3 is 2.18 bits per heavy atom. The van der Waals surface area contributed by atoms with Gasteiger partial charge in [-0.25, -0.2) is 8.42 Å². The maximum atomic E-state index is 12.3. The van der Waals surface area contributed by atoms with Gasteiger partial charge in [0.1, 0.15) is 6.17 Å². The molecule has 1 heterocycles. The summed E-state index contributed by atoms with van der Waals surface area (Å²) >= 11 is 0. The summed E-state index contributed by atoms with van der Waals surface area (Å²) < 4.78 is 26.1. The highest BCUT2D eigenvalue weighted by Crippen LogP contribution is 2.23. The molecule has 0 aromatic heterocycles. The molecule has 2 rings (SSSR count). The van der Waals surface area contributed by atoms with Gasteiger partial charge in [0, 0.05) is 19.4 Å². The van der Waals surface area contributed by atoms with Crippen LogP contribution in [-0.4, -0.2) is 30.8 Å². The second-order valence-corrected chi connectivity index (χ2v) is 6.09. The largest absolute Gasteiger partial charge is 0.358 e. The lowest BCUT2D eigenvalue weighted by Gasteiger charge is -2.26. The molecule has 0 saturated carbocycles. The van der Waals surface area contributed by atoms with Gasteiger partial charge in [0.25, 0.3) is 10.0 Å². The van der Waals surface area contributed by atoms with Crippen molar-refractivity contribution in [3.05, 3.63) is 42.2 Å². The summed E-state index contributed by atoms with van der Waals surface area (Å²) in [7, 11) is -1.58. The van der Waals surface area contributed by atoms with Crippen LogP contribution in [0.15, 0.2) is 41.6 Å². The summed E-state index contributed by atoms with van der Waals surface area (Å²) in [6.45, 7) is 3.79. The van der Waals surface area contributed by atoms with E-state index >= 15 is 0 Å². The van der Waals surface area contributed by atoms with Gasteiger partial charge in [-0.3, -0.25) is 4.31 Å². The van der Waals surface area contributed by atoms with Crippen LogP contribution < -0.4 is 0 Å². The smallest absolute Gasteiger partial charge is 0.265 e. The molecule has 17 heavy (non-hydrogen) atoms. The highest BCUT2D eigenvalue weighted by Gasteiger charge is 2.30. The van der Waals surface area contributed by atoms with E-state index in [-0.39, 0.29) is 6.17 Å². The van der Waals surface area contributed by atoms with Gasteiger partial charge in [0.05, 0.1) is 4.90 Å². The first-order valence-corrected chi connectivity index (χ1v) is 6.87. The first kappa shape index (κ1) is 12.0. The van der Waals surface area contributed by atoms with Gasteiger partial charge in [-0.15, -0.1) is 0 Å². The molecule has 1 atom stereocenters. The zero-order valence-corrected chi connectivity index (χ0v) is 11.0. The zero-order valence-electron chi connectivity index (χ0n) is 10.2. The molecule has 0 N–H and O–H groups in total. The van der Waals surface area contributed by atoms with Gasteiger partial charge < -0.3 is 4.90 Å². The monoisotopic (exact) mass is 252 g/mol. The molecule has 0 amide bonds. The summed E-state index contributed by atoms with van der Waals surface area (Å²) in [4.78, 5) is 2.18. The number of hydrogen-bond acceptors (Lipinski definition) is 3. The minimum atomic E-state index is -3.43. The van der Waals surface area contributed by atoms with E-state index in [1.807, 2.05) is 25.8 Å². The van der Waals surface area contributed by atoms with Crippen LogP contribution in [-0.2, 0) is 10.0 Å². The first-order chi connectivity index (χ1) is 7.93. The molecule has 0 aliphatic carbocycles. The van der Waals surface area contributed by atoms with Crippen molar-refractivity contribution in [1.82, 2.24) is 9.21 Å². The van der Waals surface area contributed by atoms with Crippen molar-refractivity contribution >= 4 is 10.0 Å². The number of sulfonamides is 1. The summed E-state index contributed by atoms with van der Waals surface area (Å²) in [6, 6.07) is 6.90. The van der Waals surface area contributed by atoms with Crippen molar-refractivity contribution in [3.8, 4) is 0 Å². The van der Waals surface area contributed by atoms with E-state index in [1.165, 1.54) is 4.31 Å². The molecule has 4 nitrogen and oxygen atoms in total. The Morgan fingerprint density at radius 1 is 1.12 bits per heavy atom. The molecule has 0 radical (unpaired) electrons. The summed E-state index contributed by atoms with van der Waals surface area (Å²) in [5.41, 5.74) is 1.05. The molecule has 0 saturated heterocycles. The van der Waals surface area contributed by atoms with Crippen LogP contribution in [0.4, 0.5) is 0 Å². The van der Waals surface area contributed by atoms with E-state index in [2.05, 4.69) is 0 Å². The summed E-state index contributed by atoms with van der Waals surface area (Å²) in [5, 5.41) is 0. The van der Waals surface area contributed by atoms with Gasteiger partial charge in [0.2, 0.25) is 0 Å². The first-order valence-electron chi connectivity index (χ1n) is 5.43. The van der Waals surface area contributed by atoms with Gasteiger partial charge in [-0.05, 0) is 26.0 Å². The Balaban J connectivity index is 2.38. The third kappa shape index (κ3) is 2.02. The summed E-state index contributed by atoms with van der Waals surface area (Å²) in [5.74, 6) is 0. The standard InChI is InChI=1S/C12H16N2O2S/c1-10-4-6-12(7-5-10)17(15,16)14-9-8-13(3)11(14)2/h4-9,11H,1-3H3. The lowest BCUT2D eigenvalue weighted by Crippen LogP contribution is -2.37. The van der Waals surface area contributed by atoms with Crippen molar-refractivity contribution < 1.29 is 8.42 Å². The van der Waals surface area contributed by atoms with Gasteiger partial charge >= 0.3 is 0 Å². The minimum absolute atomic E-state index is 0.179. The van der Waals surface area contributed by atoms with E-state index in [1.54, 1.807) is 36.7 Å². The maximum absolute atomic E-state index is 12.3. The lowest BCUT2D eigenvalue weighted by molar-refractivity contribution is 0.273. The molecule has 1 aliphatic rings. The van der Waals surface area contributed by atoms with Gasteiger partial charge in [-0.1, -0.05) is 17.7 Å². The molecule has 1 unspecified atom stereocenters. The lowest BCUT2D eigenvalue weighted by atomic mass is 10.2. The fraction of sp³-hybridized carbons (Fsp3) is 0.333. The van der Waals surface area contributed by atoms with Crippen molar-refractivity contribution in [2.75, 3.05) is 7.05 Å². The Morgan fingerprint density at radius 2 is 1.71 bits per heavy atom. The topological polar surface area (TPSA) is 40.6 Å². The van der Waals surface area contributed by atoms with Crippen LogP contribution >= 0.6 is 0 Å². The number of hydrogen-bond donors (Lipinski definition) is 0. The number of nitrogens with zero attached hydrogens (tertiary/aromatic N) is 2. The van der Waals surface area contributed by atoms with E-state index in [4.69, 9.17) is 0 Å². The van der Waals surface area contributed by atoms with E-state index in [9.17, 15) is 8.42 Å². The molecular weight excluding hydrogens is 236 g/mol. The summed E-state index contributed by atoms with van der Waals surface area (Å²) in [6.07, 6.45) is 3.18. The second-order valence-electron chi connectivity index (χ2n) is 4.24. The van der Waals surface area contributed by atoms with Gasteiger partial charge in [-0.2, -0.15) is 0 Å². The van der Waals surface area contributed by atoms with E-state index < -0.39 is 10.0 Å². The number of benzene rings is 1. The number of rotatable bonds is 2. The predicted octanol–water partition coefficient (Wildman–Crippen LogP) is 1.75. The minimum Gasteiger partial charge on any atom is -0.358 e. The van der Waals surface area contributed by atoms with Crippen LogP contribution in [0, 0.1) is 6.92 Å². The fourth-order valence-corrected chi connectivity index (χ4v) is 3.20. The molecule has 1 aliphatic heterocycles. The van der Waals surface area contributed by atoms with Gasteiger partial charge in [0.15, 0.2) is 0 Å². The third-order valence-electron chi connectivity index (χ3n) is 3.00. The Labute approximate surface area is 102 Å². The average Bonchev–Trinajstić information content (AvgIpc) is 2.61. The third-order valence-corrected chi connectivity index (χ3v) is 4.85. The molecule has 92 valence electrons. The molecule has 0 bridgehead atoms. The normalized spacial score (nSPS) is 20.1. The highest BCUT2D eigenvalue weighted by molar-refractivity contribution is 7.89. The molecule has 1 aromatic carbocycles. The predicted molar refractivity (Wildman–Crippen MR) is 66.6 cm³/mol. The van der Waals surface area contributed by atoms with E-state index in [0.717, 1.165) is 5.56 Å². The maximum Gasteiger partial charge on any atom is 0.265 e. The molecule has 5 heteroatoms. The zero-order chi connectivity index (χ0) is 12.6. The Hall–Kier alpha value is -1.49. The van der Waals surface area contributed by atoms with Crippen molar-refractivity contribution in [1.29, 1.82) is 0 Å². The highest BCUT2D eigenvalue weighted by atomic mass is 32.2. The van der Waals surface area contributed by atoms with Crippen LogP contribution in [0.5, 0.6) is 0 Å². The number of aryl methyl sites for hydroxylation is 1. The van der Waals surface area contributed by atoms with Crippen molar-refractivity contribution in [2.45, 2.75) is 24.9 Å². The van der Waals surface area contributed by atoms with Crippen LogP contribution in [0.1, 0.15) is 12.5 Å². The fourth-order valence-electron chi connectivity index (χ4n) is 1.71. The van der Waals surface area contributed by atoms with E-state index in [0.29, 0.717) is 4.90 Å². The average molecular weight is 252 g/mol. The Kier molecular flexibility index (Phi) is 2.87. The van der Waals surface area contributed by atoms with Crippen LogP contribution in [0.3, 0.4) is 0 Å². The molecule has 1 aromatic rings. The SMILES string of the molecule is Cc1ccc(S(=O)(=O)N2C=CN(C)C2C)cc1.